The van der Waals surface area contributed by atoms with E-state index in [1.54, 1.807) is 24.4 Å². The lowest BCUT2D eigenvalue weighted by molar-refractivity contribution is -0.126. The van der Waals surface area contributed by atoms with Crippen LogP contribution in [0.15, 0.2) is 54.7 Å². The van der Waals surface area contributed by atoms with Gasteiger partial charge in [0.25, 0.3) is 0 Å². The van der Waals surface area contributed by atoms with Gasteiger partial charge in [-0.15, -0.1) is 0 Å². The van der Waals surface area contributed by atoms with Crippen molar-refractivity contribution in [3.05, 3.63) is 65.6 Å². The quantitative estimate of drug-likeness (QED) is 0.200. The first-order valence-electron chi connectivity index (χ1n) is 18.4. The number of fused-ring (bicyclic) bond motifs is 3. The largest absolute Gasteiger partial charge is 0.461 e. The van der Waals surface area contributed by atoms with Crippen LogP contribution in [-0.2, 0) is 9.53 Å². The summed E-state index contributed by atoms with van der Waals surface area (Å²) in [6.07, 6.45) is 9.04. The fourth-order valence-electron chi connectivity index (χ4n) is 8.38. The maximum atomic E-state index is 16.8. The molecule has 1 amide bonds. The molecular weight excluding hydrogens is 688 g/mol. The van der Waals surface area contributed by atoms with Crippen LogP contribution in [0.3, 0.4) is 0 Å². The number of anilines is 1. The van der Waals surface area contributed by atoms with Gasteiger partial charge in [0, 0.05) is 80.0 Å². The molecule has 0 radical (unpaired) electrons. The normalized spacial score (nSPS) is 24.5. The minimum Gasteiger partial charge on any atom is -0.461 e. The summed E-state index contributed by atoms with van der Waals surface area (Å²) in [6, 6.07) is 11.0. The predicted octanol–water partition coefficient (Wildman–Crippen LogP) is 6.27. The number of halogens is 3. The molecule has 0 spiro atoms. The van der Waals surface area contributed by atoms with Crippen LogP contribution in [0.4, 0.5) is 14.6 Å². The number of carbonyl (C=O) groups is 1. The molecule has 4 fully saturated rings. The second-order valence-electron chi connectivity index (χ2n) is 14.5. The molecule has 0 unspecified atom stereocenters. The zero-order chi connectivity index (χ0) is 35.7. The second kappa shape index (κ2) is 15.2. The molecule has 2 aromatic heterocycles. The second-order valence-corrected chi connectivity index (χ2v) is 14.9. The zero-order valence-corrected chi connectivity index (χ0v) is 30.0. The first kappa shape index (κ1) is 35.1. The lowest BCUT2D eigenvalue weighted by atomic mass is 9.95. The van der Waals surface area contributed by atoms with Gasteiger partial charge in [-0.1, -0.05) is 48.0 Å². The van der Waals surface area contributed by atoms with E-state index in [4.69, 9.17) is 26.1 Å². The number of pyridine rings is 1. The summed E-state index contributed by atoms with van der Waals surface area (Å²) in [6.45, 7) is 6.38. The van der Waals surface area contributed by atoms with Crippen LogP contribution in [0.1, 0.15) is 38.5 Å². The van der Waals surface area contributed by atoms with Crippen molar-refractivity contribution < 1.29 is 23.0 Å². The minimum atomic E-state index is -0.910. The molecule has 4 aliphatic rings. The number of ether oxygens (including phenoxy) is 2. The summed E-state index contributed by atoms with van der Waals surface area (Å²) >= 11 is 6.63. The maximum absolute atomic E-state index is 16.8. The lowest BCUT2D eigenvalue weighted by Gasteiger charge is -2.31. The Kier molecular flexibility index (Phi) is 10.2. The molecule has 0 aliphatic carbocycles. The summed E-state index contributed by atoms with van der Waals surface area (Å²) in [7, 11) is 0. The van der Waals surface area contributed by atoms with Crippen LogP contribution < -0.4 is 10.1 Å². The SMILES string of the molecule is O=C(/C=C/CN1CCOCC1)N1CCCC[C@@H](Nc2nc(OC[C@@]34CCCN3C[C@H](F)C4)nc3c(F)c(-c4cccc5cccc(Cl)c45)ncc23)C1. The van der Waals surface area contributed by atoms with Crippen molar-refractivity contribution >= 4 is 45.0 Å². The molecule has 6 heterocycles. The first-order valence-corrected chi connectivity index (χ1v) is 18.8. The number of aromatic nitrogens is 3. The van der Waals surface area contributed by atoms with Gasteiger partial charge in [-0.25, -0.2) is 8.78 Å². The van der Waals surface area contributed by atoms with Crippen molar-refractivity contribution in [2.75, 3.05) is 71.0 Å². The third-order valence-electron chi connectivity index (χ3n) is 11.1. The standard InChI is InChI=1S/C39H44ClF2N7O3/c40-31-11-4-8-26-7-3-10-29(33(26)31)35-34(42)36-30(22-43-35)37(46-38(45-36)52-25-39-13-6-16-49(39)23-27(41)21-39)44-28-9-1-2-15-48(24-28)32(50)12-5-14-47-17-19-51-20-18-47/h3-5,7-8,10-12,22,27-28H,1-2,6,9,13-21,23-25H2,(H,44,45,46)/b12-5+/t27-,28-,39+/m1/s1. The van der Waals surface area contributed by atoms with E-state index in [-0.39, 0.29) is 35.8 Å². The van der Waals surface area contributed by atoms with Crippen molar-refractivity contribution in [1.82, 2.24) is 29.7 Å². The molecule has 0 bridgehead atoms. The average Bonchev–Trinajstić information content (AvgIpc) is 3.57. The summed E-state index contributed by atoms with van der Waals surface area (Å²) in [5, 5.41) is 6.00. The Bertz CT molecular complexity index is 1970. The van der Waals surface area contributed by atoms with E-state index in [0.717, 1.165) is 57.1 Å². The average molecular weight is 732 g/mol. The summed E-state index contributed by atoms with van der Waals surface area (Å²) in [4.78, 5) is 33.6. The number of nitrogens with one attached hydrogen (secondary N) is 1. The van der Waals surface area contributed by atoms with Gasteiger partial charge in [-0.3, -0.25) is 19.6 Å². The van der Waals surface area contributed by atoms with Crippen molar-refractivity contribution in [3.63, 3.8) is 0 Å². The van der Waals surface area contributed by atoms with Crippen LogP contribution in [0.25, 0.3) is 32.9 Å². The molecule has 52 heavy (non-hydrogen) atoms. The van der Waals surface area contributed by atoms with Crippen LogP contribution in [0.2, 0.25) is 5.02 Å². The molecule has 2 aromatic carbocycles. The van der Waals surface area contributed by atoms with E-state index in [0.29, 0.717) is 73.0 Å². The van der Waals surface area contributed by atoms with E-state index in [2.05, 4.69) is 25.1 Å². The number of hydrogen-bond acceptors (Lipinski definition) is 9. The number of hydrogen-bond donors (Lipinski definition) is 1. The monoisotopic (exact) mass is 731 g/mol. The molecule has 8 rings (SSSR count). The topological polar surface area (TPSA) is 96.0 Å². The number of rotatable bonds is 9. The van der Waals surface area contributed by atoms with Crippen LogP contribution in [0, 0.1) is 5.82 Å². The van der Waals surface area contributed by atoms with Crippen molar-refractivity contribution in [3.8, 4) is 17.3 Å². The summed E-state index contributed by atoms with van der Waals surface area (Å²) < 4.78 is 43.1. The Morgan fingerprint density at radius 3 is 2.79 bits per heavy atom. The Morgan fingerprint density at radius 1 is 1.08 bits per heavy atom. The Morgan fingerprint density at radius 2 is 1.92 bits per heavy atom. The number of likely N-dealkylation sites (tertiary alicyclic amines) is 1. The Labute approximate surface area is 307 Å². The highest BCUT2D eigenvalue weighted by Gasteiger charge is 2.49. The molecule has 4 saturated heterocycles. The number of morpholine rings is 1. The number of nitrogens with zero attached hydrogens (tertiary/aromatic N) is 6. The van der Waals surface area contributed by atoms with Crippen LogP contribution in [0.5, 0.6) is 6.01 Å². The third kappa shape index (κ3) is 7.18. The highest BCUT2D eigenvalue weighted by atomic mass is 35.5. The van der Waals surface area contributed by atoms with Gasteiger partial charge in [-0.05, 0) is 50.1 Å². The highest BCUT2D eigenvalue weighted by molar-refractivity contribution is 6.36. The smallest absolute Gasteiger partial charge is 0.319 e. The Balaban J connectivity index is 1.10. The van der Waals surface area contributed by atoms with Gasteiger partial charge >= 0.3 is 6.01 Å². The van der Waals surface area contributed by atoms with E-state index in [1.165, 1.54) is 0 Å². The van der Waals surface area contributed by atoms with E-state index >= 15 is 4.39 Å². The van der Waals surface area contributed by atoms with E-state index in [9.17, 15) is 9.18 Å². The van der Waals surface area contributed by atoms with Gasteiger partial charge in [0.1, 0.15) is 29.8 Å². The first-order chi connectivity index (χ1) is 25.4. The molecule has 4 aromatic rings. The third-order valence-corrected chi connectivity index (χ3v) is 11.4. The molecule has 1 N–H and O–H groups in total. The van der Waals surface area contributed by atoms with Crippen LogP contribution in [-0.4, -0.2) is 119 Å². The molecule has 3 atom stereocenters. The number of alkyl halides is 1. The fourth-order valence-corrected chi connectivity index (χ4v) is 8.67. The summed E-state index contributed by atoms with van der Waals surface area (Å²) in [5.41, 5.74) is 0.307. The van der Waals surface area contributed by atoms with Gasteiger partial charge in [0.05, 0.1) is 24.1 Å². The van der Waals surface area contributed by atoms with Crippen LogP contribution >= 0.6 is 11.6 Å². The van der Waals surface area contributed by atoms with E-state index in [1.807, 2.05) is 35.2 Å². The van der Waals surface area contributed by atoms with Crippen molar-refractivity contribution in [2.45, 2.75) is 56.3 Å². The summed E-state index contributed by atoms with van der Waals surface area (Å²) in [5.74, 6) is -0.270. The predicted molar refractivity (Wildman–Crippen MR) is 198 cm³/mol. The molecular formula is C39H44ClF2N7O3. The molecule has 4 aliphatic heterocycles. The van der Waals surface area contributed by atoms with Gasteiger partial charge < -0.3 is 19.7 Å². The number of benzene rings is 2. The molecule has 0 saturated carbocycles. The minimum absolute atomic E-state index is 0.0122. The molecule has 10 nitrogen and oxygen atoms in total. The maximum Gasteiger partial charge on any atom is 0.319 e. The highest BCUT2D eigenvalue weighted by Crippen LogP contribution is 2.41. The number of carbonyl (C=O) groups excluding carboxylic acids is 1. The van der Waals surface area contributed by atoms with E-state index < -0.39 is 17.5 Å². The molecule has 274 valence electrons. The van der Waals surface area contributed by atoms with Gasteiger partial charge in [-0.2, -0.15) is 9.97 Å². The zero-order valence-electron chi connectivity index (χ0n) is 29.2. The van der Waals surface area contributed by atoms with Crippen molar-refractivity contribution in [1.29, 1.82) is 0 Å². The Hall–Kier alpha value is -3.97. The lowest BCUT2D eigenvalue weighted by Crippen LogP contribution is -2.43. The number of amides is 1. The van der Waals surface area contributed by atoms with Crippen molar-refractivity contribution in [2.24, 2.45) is 0 Å². The fraction of sp³-hybridized carbons (Fsp3) is 0.487. The van der Waals surface area contributed by atoms with Gasteiger partial charge in [0.2, 0.25) is 5.91 Å². The van der Waals surface area contributed by atoms with Gasteiger partial charge in [0.15, 0.2) is 5.82 Å². The molecule has 13 heteroatoms.